The second-order valence-electron chi connectivity index (χ2n) is 4.88. The van der Waals surface area contributed by atoms with Gasteiger partial charge in [-0.15, -0.1) is 0 Å². The molecule has 2 rings (SSSR count). The molecule has 2 aromatic rings. The predicted octanol–water partition coefficient (Wildman–Crippen LogP) is 4.62. The van der Waals surface area contributed by atoms with Crippen LogP contribution in [-0.2, 0) is 4.79 Å². The van der Waals surface area contributed by atoms with Crippen molar-refractivity contribution in [1.29, 1.82) is 0 Å². The van der Waals surface area contributed by atoms with Crippen LogP contribution in [0.1, 0.15) is 19.8 Å². The maximum Gasteiger partial charge on any atom is 0.335 e. The summed E-state index contributed by atoms with van der Waals surface area (Å²) in [4.78, 5) is 11.1. The molecule has 0 saturated heterocycles. The van der Waals surface area contributed by atoms with Gasteiger partial charge in [0.25, 0.3) is 0 Å². The number of hydrogen-bond donors (Lipinski definition) is 0. The zero-order valence-electron chi connectivity index (χ0n) is 12.7. The number of hydrogen-bond acceptors (Lipinski definition) is 3. The normalized spacial score (nSPS) is 10.0. The van der Waals surface area contributed by atoms with Gasteiger partial charge in [0.05, 0.1) is 6.61 Å². The average Bonchev–Trinajstić information content (AvgIpc) is 2.56. The summed E-state index contributed by atoms with van der Waals surface area (Å²) < 4.78 is 10.7. The highest BCUT2D eigenvalue weighted by Crippen LogP contribution is 2.24. The molecule has 0 heterocycles. The lowest BCUT2D eigenvalue weighted by atomic mass is 10.1. The fraction of sp³-hybridized carbons (Fsp3) is 0.211. The first kappa shape index (κ1) is 15.8. The third-order valence-electron chi connectivity index (χ3n) is 3.19. The Morgan fingerprint density at radius 3 is 2.05 bits per heavy atom. The Labute approximate surface area is 131 Å². The van der Waals surface area contributed by atoms with Gasteiger partial charge in [0.2, 0.25) is 0 Å². The molecule has 0 amide bonds. The molecule has 22 heavy (non-hydrogen) atoms. The summed E-state index contributed by atoms with van der Waals surface area (Å²) in [6.07, 6.45) is 3.33. The molecule has 0 unspecified atom stereocenters. The Bertz CT molecular complexity index is 612. The van der Waals surface area contributed by atoms with E-state index in [-0.39, 0.29) is 0 Å². The third kappa shape index (κ3) is 4.48. The van der Waals surface area contributed by atoms with Gasteiger partial charge in [-0.05, 0) is 41.8 Å². The zero-order chi connectivity index (χ0) is 15.8. The van der Waals surface area contributed by atoms with E-state index in [0.717, 1.165) is 42.4 Å². The highest BCUT2D eigenvalue weighted by molar-refractivity contribution is 5.83. The number of esters is 1. The molecular weight excluding hydrogens is 276 g/mol. The van der Waals surface area contributed by atoms with Gasteiger partial charge in [-0.1, -0.05) is 44.2 Å². The first-order chi connectivity index (χ1) is 10.7. The van der Waals surface area contributed by atoms with Crippen molar-refractivity contribution in [3.05, 3.63) is 61.2 Å². The monoisotopic (exact) mass is 296 g/mol. The summed E-state index contributed by atoms with van der Waals surface area (Å²) in [7, 11) is 0. The lowest BCUT2D eigenvalue weighted by Crippen LogP contribution is -2.02. The van der Waals surface area contributed by atoms with Crippen LogP contribution in [-0.4, -0.2) is 12.6 Å². The molecule has 0 aromatic heterocycles. The summed E-state index contributed by atoms with van der Waals surface area (Å²) in [5, 5.41) is 0. The number of benzene rings is 2. The molecule has 0 aliphatic carbocycles. The van der Waals surface area contributed by atoms with Crippen LogP contribution in [0, 0.1) is 0 Å². The minimum absolute atomic E-state index is 0.457. The average molecular weight is 296 g/mol. The Morgan fingerprint density at radius 2 is 1.55 bits per heavy atom. The molecule has 3 nitrogen and oxygen atoms in total. The van der Waals surface area contributed by atoms with Gasteiger partial charge in [0.15, 0.2) is 0 Å². The van der Waals surface area contributed by atoms with Gasteiger partial charge < -0.3 is 9.47 Å². The van der Waals surface area contributed by atoms with E-state index in [9.17, 15) is 4.79 Å². The standard InChI is InChI=1S/C19H20O3/c1-3-5-14-21-17-10-6-15(7-11-17)16-8-12-18(13-9-16)22-19(20)4-2/h4,6-13H,2-3,5,14H2,1H3. The van der Waals surface area contributed by atoms with Crippen LogP contribution in [0.5, 0.6) is 11.5 Å². The Kier molecular flexibility index (Phi) is 5.78. The number of ether oxygens (including phenoxy) is 2. The first-order valence-corrected chi connectivity index (χ1v) is 7.40. The van der Waals surface area contributed by atoms with E-state index in [2.05, 4.69) is 13.5 Å². The predicted molar refractivity (Wildman–Crippen MR) is 88.1 cm³/mol. The Morgan fingerprint density at radius 1 is 1.00 bits per heavy atom. The maximum absolute atomic E-state index is 11.1. The van der Waals surface area contributed by atoms with Gasteiger partial charge in [-0.25, -0.2) is 4.79 Å². The molecule has 3 heteroatoms. The molecule has 0 aliphatic heterocycles. The highest BCUT2D eigenvalue weighted by Gasteiger charge is 2.02. The zero-order valence-corrected chi connectivity index (χ0v) is 12.7. The quantitative estimate of drug-likeness (QED) is 0.323. The highest BCUT2D eigenvalue weighted by atomic mass is 16.5. The molecule has 0 saturated carbocycles. The fourth-order valence-corrected chi connectivity index (χ4v) is 1.95. The van der Waals surface area contributed by atoms with Crippen LogP contribution in [0.4, 0.5) is 0 Å². The smallest absolute Gasteiger partial charge is 0.335 e. The van der Waals surface area contributed by atoms with E-state index in [1.165, 1.54) is 0 Å². The van der Waals surface area contributed by atoms with Crippen molar-refractivity contribution in [1.82, 2.24) is 0 Å². The second kappa shape index (κ2) is 8.03. The number of unbranched alkanes of at least 4 members (excludes halogenated alkanes) is 1. The molecular formula is C19H20O3. The molecule has 0 bridgehead atoms. The van der Waals surface area contributed by atoms with Crippen molar-refractivity contribution in [3.8, 4) is 22.6 Å². The van der Waals surface area contributed by atoms with E-state index in [1.807, 2.05) is 36.4 Å². The van der Waals surface area contributed by atoms with Gasteiger partial charge >= 0.3 is 5.97 Å². The van der Waals surface area contributed by atoms with Gasteiger partial charge in [0.1, 0.15) is 11.5 Å². The summed E-state index contributed by atoms with van der Waals surface area (Å²) >= 11 is 0. The van der Waals surface area contributed by atoms with Crippen LogP contribution >= 0.6 is 0 Å². The van der Waals surface area contributed by atoms with Gasteiger partial charge in [-0.3, -0.25) is 0 Å². The fourth-order valence-electron chi connectivity index (χ4n) is 1.95. The summed E-state index contributed by atoms with van der Waals surface area (Å²) in [6, 6.07) is 15.3. The van der Waals surface area contributed by atoms with Crippen LogP contribution in [0.25, 0.3) is 11.1 Å². The first-order valence-electron chi connectivity index (χ1n) is 7.40. The van der Waals surface area contributed by atoms with Crippen LogP contribution < -0.4 is 9.47 Å². The minimum atomic E-state index is -0.457. The van der Waals surface area contributed by atoms with Crippen LogP contribution in [0.15, 0.2) is 61.2 Å². The van der Waals surface area contributed by atoms with Crippen LogP contribution in [0.2, 0.25) is 0 Å². The van der Waals surface area contributed by atoms with Gasteiger partial charge in [-0.2, -0.15) is 0 Å². The number of rotatable bonds is 7. The van der Waals surface area contributed by atoms with Crippen molar-refractivity contribution in [2.45, 2.75) is 19.8 Å². The second-order valence-corrected chi connectivity index (χ2v) is 4.88. The van der Waals surface area contributed by atoms with Gasteiger partial charge in [0, 0.05) is 6.08 Å². The molecule has 0 N–H and O–H groups in total. The van der Waals surface area contributed by atoms with Crippen molar-refractivity contribution in [3.63, 3.8) is 0 Å². The Balaban J connectivity index is 2.02. The minimum Gasteiger partial charge on any atom is -0.494 e. The largest absolute Gasteiger partial charge is 0.494 e. The van der Waals surface area contributed by atoms with Crippen molar-refractivity contribution >= 4 is 5.97 Å². The van der Waals surface area contributed by atoms with Crippen LogP contribution in [0.3, 0.4) is 0 Å². The lowest BCUT2D eigenvalue weighted by Gasteiger charge is -2.07. The number of carbonyl (C=O) groups is 1. The molecule has 0 aliphatic rings. The van der Waals surface area contributed by atoms with E-state index in [1.54, 1.807) is 12.1 Å². The molecule has 0 spiro atoms. The molecule has 0 atom stereocenters. The molecule has 0 fully saturated rings. The lowest BCUT2D eigenvalue weighted by molar-refractivity contribution is -0.128. The topological polar surface area (TPSA) is 35.5 Å². The molecule has 0 radical (unpaired) electrons. The summed E-state index contributed by atoms with van der Waals surface area (Å²) in [5.41, 5.74) is 2.14. The SMILES string of the molecule is C=CC(=O)Oc1ccc(-c2ccc(OCCCC)cc2)cc1. The number of carbonyl (C=O) groups excluding carboxylic acids is 1. The van der Waals surface area contributed by atoms with E-state index < -0.39 is 5.97 Å². The van der Waals surface area contributed by atoms with E-state index in [0.29, 0.717) is 5.75 Å². The molecule has 2 aromatic carbocycles. The van der Waals surface area contributed by atoms with E-state index >= 15 is 0 Å². The van der Waals surface area contributed by atoms with Crippen molar-refractivity contribution < 1.29 is 14.3 Å². The molecule has 114 valence electrons. The maximum atomic E-state index is 11.1. The Hall–Kier alpha value is -2.55. The summed E-state index contributed by atoms with van der Waals surface area (Å²) in [6.45, 7) is 6.26. The van der Waals surface area contributed by atoms with Crippen molar-refractivity contribution in [2.75, 3.05) is 6.61 Å². The third-order valence-corrected chi connectivity index (χ3v) is 3.19. The van der Waals surface area contributed by atoms with E-state index in [4.69, 9.17) is 9.47 Å². The summed E-state index contributed by atoms with van der Waals surface area (Å²) in [5.74, 6) is 0.934. The van der Waals surface area contributed by atoms with Crippen molar-refractivity contribution in [2.24, 2.45) is 0 Å².